The Labute approximate surface area is 180 Å². The predicted octanol–water partition coefficient (Wildman–Crippen LogP) is 5.27. The molecule has 0 saturated heterocycles. The van der Waals surface area contributed by atoms with Gasteiger partial charge in [-0.3, -0.25) is 9.59 Å². The fourth-order valence-corrected chi connectivity index (χ4v) is 2.80. The molecule has 2 amide bonds. The van der Waals surface area contributed by atoms with Crippen LogP contribution >= 0.6 is 0 Å². The van der Waals surface area contributed by atoms with Crippen molar-refractivity contribution in [1.82, 2.24) is 0 Å². The average Bonchev–Trinajstić information content (AvgIpc) is 2.75. The van der Waals surface area contributed by atoms with E-state index in [0.29, 0.717) is 28.4 Å². The summed E-state index contributed by atoms with van der Waals surface area (Å²) in [4.78, 5) is 23.3. The van der Waals surface area contributed by atoms with E-state index in [4.69, 9.17) is 10.00 Å². The summed E-state index contributed by atoms with van der Waals surface area (Å²) in [5.41, 5.74) is 3.65. The van der Waals surface area contributed by atoms with Gasteiger partial charge in [0, 0.05) is 24.4 Å². The van der Waals surface area contributed by atoms with Crippen molar-refractivity contribution in [2.75, 3.05) is 10.6 Å². The topological polar surface area (TPSA) is 91.2 Å². The number of nitrogens with zero attached hydrogens (tertiary/aromatic N) is 1. The number of hydrogen-bond acceptors (Lipinski definition) is 4. The number of aryl methyl sites for hydroxylation is 1. The van der Waals surface area contributed by atoms with Crippen molar-refractivity contribution in [3.63, 3.8) is 0 Å². The summed E-state index contributed by atoms with van der Waals surface area (Å²) in [6.07, 6.45) is 3.15. The third-order valence-electron chi connectivity index (χ3n) is 4.33. The molecule has 0 atom stereocenters. The van der Waals surface area contributed by atoms with Gasteiger partial charge in [0.15, 0.2) is 0 Å². The van der Waals surface area contributed by atoms with Gasteiger partial charge in [0.1, 0.15) is 11.5 Å². The first kappa shape index (κ1) is 21.3. The molecule has 31 heavy (non-hydrogen) atoms. The van der Waals surface area contributed by atoms with Crippen LogP contribution in [0.2, 0.25) is 0 Å². The quantitative estimate of drug-likeness (QED) is 0.541. The highest BCUT2D eigenvalue weighted by atomic mass is 16.5. The van der Waals surface area contributed by atoms with E-state index in [1.165, 1.54) is 13.0 Å². The lowest BCUT2D eigenvalue weighted by atomic mass is 10.1. The van der Waals surface area contributed by atoms with Crippen molar-refractivity contribution in [1.29, 1.82) is 5.26 Å². The summed E-state index contributed by atoms with van der Waals surface area (Å²) in [7, 11) is 0. The van der Waals surface area contributed by atoms with Crippen molar-refractivity contribution in [3.8, 4) is 17.6 Å². The van der Waals surface area contributed by atoms with E-state index in [9.17, 15) is 9.59 Å². The Hall–Kier alpha value is -4.37. The Morgan fingerprint density at radius 3 is 2.23 bits per heavy atom. The number of carbonyl (C=O) groups is 2. The summed E-state index contributed by atoms with van der Waals surface area (Å²) in [5.74, 6) is 0.874. The highest BCUT2D eigenvalue weighted by Gasteiger charge is 2.05. The first-order valence-corrected chi connectivity index (χ1v) is 9.58. The molecule has 6 heteroatoms. The molecule has 0 spiro atoms. The van der Waals surface area contributed by atoms with E-state index in [0.717, 1.165) is 11.1 Å². The van der Waals surface area contributed by atoms with Gasteiger partial charge in [0.05, 0.1) is 11.6 Å². The summed E-state index contributed by atoms with van der Waals surface area (Å²) < 4.78 is 5.80. The third-order valence-corrected chi connectivity index (χ3v) is 4.33. The zero-order chi connectivity index (χ0) is 22.2. The Bertz CT molecular complexity index is 1160. The predicted molar refractivity (Wildman–Crippen MR) is 121 cm³/mol. The molecule has 0 aliphatic heterocycles. The maximum absolute atomic E-state index is 12.3. The van der Waals surface area contributed by atoms with Crippen LogP contribution < -0.4 is 15.4 Å². The number of benzene rings is 3. The van der Waals surface area contributed by atoms with Crippen LogP contribution in [0.3, 0.4) is 0 Å². The molecular weight excluding hydrogens is 390 g/mol. The molecule has 3 rings (SSSR count). The average molecular weight is 411 g/mol. The second kappa shape index (κ2) is 9.90. The number of nitrogens with one attached hydrogen (secondary N) is 2. The van der Waals surface area contributed by atoms with Crippen LogP contribution in [-0.4, -0.2) is 11.8 Å². The van der Waals surface area contributed by atoms with Crippen LogP contribution in [-0.2, 0) is 9.59 Å². The Kier molecular flexibility index (Phi) is 6.82. The summed E-state index contributed by atoms with van der Waals surface area (Å²) >= 11 is 0. The van der Waals surface area contributed by atoms with Gasteiger partial charge in [0.2, 0.25) is 11.8 Å². The van der Waals surface area contributed by atoms with E-state index >= 15 is 0 Å². The normalized spacial score (nSPS) is 10.4. The smallest absolute Gasteiger partial charge is 0.248 e. The lowest BCUT2D eigenvalue weighted by Gasteiger charge is -2.10. The van der Waals surface area contributed by atoms with Crippen LogP contribution in [0.25, 0.3) is 6.08 Å². The molecule has 6 nitrogen and oxygen atoms in total. The van der Waals surface area contributed by atoms with Gasteiger partial charge in [-0.25, -0.2) is 0 Å². The van der Waals surface area contributed by atoms with Gasteiger partial charge in [0.25, 0.3) is 0 Å². The lowest BCUT2D eigenvalue weighted by Crippen LogP contribution is -2.09. The number of ether oxygens (including phenoxy) is 1. The standard InChI is InChI=1S/C25H21N3O3/c1-17-15-23(31-22-10-5-20(16-26)6-11-22)12-13-24(17)28-25(30)14-7-19-3-8-21(9-4-19)27-18(2)29/h3-15H,1-2H3,(H,27,29)(H,28,30)/b14-7+. The summed E-state index contributed by atoms with van der Waals surface area (Å²) in [6, 6.07) is 21.5. The van der Waals surface area contributed by atoms with Gasteiger partial charge in [-0.15, -0.1) is 0 Å². The SMILES string of the molecule is CC(=O)Nc1ccc(/C=C/C(=O)Nc2ccc(Oc3ccc(C#N)cc3)cc2C)cc1. The van der Waals surface area contributed by atoms with Gasteiger partial charge < -0.3 is 15.4 Å². The highest BCUT2D eigenvalue weighted by molar-refractivity contribution is 6.02. The van der Waals surface area contributed by atoms with E-state index in [-0.39, 0.29) is 11.8 Å². The minimum Gasteiger partial charge on any atom is -0.457 e. The minimum atomic E-state index is -0.255. The Morgan fingerprint density at radius 2 is 1.61 bits per heavy atom. The number of rotatable bonds is 6. The molecule has 0 radical (unpaired) electrons. The zero-order valence-electron chi connectivity index (χ0n) is 17.2. The highest BCUT2D eigenvalue weighted by Crippen LogP contribution is 2.26. The lowest BCUT2D eigenvalue weighted by molar-refractivity contribution is -0.114. The van der Waals surface area contributed by atoms with Crippen molar-refractivity contribution >= 4 is 29.3 Å². The third kappa shape index (κ3) is 6.31. The number of carbonyl (C=O) groups excluding carboxylic acids is 2. The first-order chi connectivity index (χ1) is 14.9. The van der Waals surface area contributed by atoms with E-state index in [1.807, 2.05) is 25.1 Å². The molecular formula is C25H21N3O3. The van der Waals surface area contributed by atoms with Crippen LogP contribution in [0.1, 0.15) is 23.6 Å². The largest absolute Gasteiger partial charge is 0.457 e. The molecule has 0 aromatic heterocycles. The number of hydrogen-bond donors (Lipinski definition) is 2. The van der Waals surface area contributed by atoms with Gasteiger partial charge in [-0.2, -0.15) is 5.26 Å². The van der Waals surface area contributed by atoms with Crippen LogP contribution in [0.15, 0.2) is 72.8 Å². The van der Waals surface area contributed by atoms with E-state index in [2.05, 4.69) is 16.7 Å². The summed E-state index contributed by atoms with van der Waals surface area (Å²) in [5, 5.41) is 14.4. The van der Waals surface area contributed by atoms with Crippen molar-refractivity contribution in [2.45, 2.75) is 13.8 Å². The fraction of sp³-hybridized carbons (Fsp3) is 0.0800. The monoisotopic (exact) mass is 411 g/mol. The molecule has 0 heterocycles. The van der Waals surface area contributed by atoms with Crippen molar-refractivity contribution in [3.05, 3.63) is 89.5 Å². The molecule has 0 fully saturated rings. The summed E-state index contributed by atoms with van der Waals surface area (Å²) in [6.45, 7) is 3.33. The van der Waals surface area contributed by atoms with Crippen LogP contribution in [0, 0.1) is 18.3 Å². The zero-order valence-corrected chi connectivity index (χ0v) is 17.2. The van der Waals surface area contributed by atoms with Gasteiger partial charge in [-0.05, 0) is 78.7 Å². The Morgan fingerprint density at radius 1 is 0.935 bits per heavy atom. The van der Waals surface area contributed by atoms with Crippen LogP contribution in [0.4, 0.5) is 11.4 Å². The van der Waals surface area contributed by atoms with Crippen LogP contribution in [0.5, 0.6) is 11.5 Å². The molecule has 154 valence electrons. The number of nitriles is 1. The van der Waals surface area contributed by atoms with E-state index in [1.54, 1.807) is 54.6 Å². The minimum absolute atomic E-state index is 0.133. The fourth-order valence-electron chi connectivity index (χ4n) is 2.80. The molecule has 3 aromatic carbocycles. The van der Waals surface area contributed by atoms with Crippen molar-refractivity contribution < 1.29 is 14.3 Å². The van der Waals surface area contributed by atoms with Gasteiger partial charge in [-0.1, -0.05) is 12.1 Å². The second-order valence-corrected chi connectivity index (χ2v) is 6.84. The Balaban J connectivity index is 1.60. The molecule has 0 aliphatic carbocycles. The molecule has 3 aromatic rings. The second-order valence-electron chi connectivity index (χ2n) is 6.84. The number of amides is 2. The number of anilines is 2. The molecule has 0 saturated carbocycles. The van der Waals surface area contributed by atoms with Crippen molar-refractivity contribution in [2.24, 2.45) is 0 Å². The van der Waals surface area contributed by atoms with E-state index < -0.39 is 0 Å². The molecule has 0 unspecified atom stereocenters. The maximum Gasteiger partial charge on any atom is 0.248 e. The molecule has 0 bridgehead atoms. The maximum atomic E-state index is 12.3. The first-order valence-electron chi connectivity index (χ1n) is 9.58. The molecule has 0 aliphatic rings. The van der Waals surface area contributed by atoms with Gasteiger partial charge >= 0.3 is 0 Å². The molecule has 2 N–H and O–H groups in total.